The van der Waals surface area contributed by atoms with E-state index in [2.05, 4.69) is 58.4 Å². The van der Waals surface area contributed by atoms with Crippen LogP contribution in [0.4, 0.5) is 0 Å². The minimum absolute atomic E-state index is 0.169. The number of H-pyrrole nitrogens is 1. The summed E-state index contributed by atoms with van der Waals surface area (Å²) in [7, 11) is 0. The van der Waals surface area contributed by atoms with Crippen LogP contribution < -0.4 is 0 Å². The van der Waals surface area contributed by atoms with Crippen LogP contribution in [0.3, 0.4) is 0 Å². The summed E-state index contributed by atoms with van der Waals surface area (Å²) >= 11 is 5.41. The van der Waals surface area contributed by atoms with E-state index in [1.165, 1.54) is 11.1 Å². The topological polar surface area (TPSA) is 57.2 Å². The number of hydrogen-bond donors (Lipinski definition) is 1. The molecule has 7 heteroatoms. The van der Waals surface area contributed by atoms with Crippen molar-refractivity contribution in [2.45, 2.75) is 19.9 Å². The number of aryl methyl sites for hydroxylation is 1. The van der Waals surface area contributed by atoms with E-state index in [0.29, 0.717) is 17.7 Å². The van der Waals surface area contributed by atoms with Crippen molar-refractivity contribution in [1.29, 1.82) is 0 Å². The Balaban J connectivity index is 1.27. The van der Waals surface area contributed by atoms with Gasteiger partial charge in [0.1, 0.15) is 0 Å². The highest BCUT2D eigenvalue weighted by molar-refractivity contribution is 7.71. The van der Waals surface area contributed by atoms with Crippen molar-refractivity contribution in [3.05, 3.63) is 76.6 Å². The van der Waals surface area contributed by atoms with Crippen LogP contribution in [0.15, 0.2) is 60.7 Å². The number of nitrogens with zero attached hydrogens (tertiary/aromatic N) is 4. The Morgan fingerprint density at radius 1 is 1.06 bits per heavy atom. The second kappa shape index (κ2) is 10.5. The lowest BCUT2D eigenvalue weighted by atomic mass is 10.1. The monoisotopic (exact) mass is 447 g/mol. The molecule has 0 spiro atoms. The number of benzene rings is 2. The number of carbonyl (C=O) groups excluding carboxylic acids is 1. The van der Waals surface area contributed by atoms with Gasteiger partial charge in [-0.2, -0.15) is 5.10 Å². The largest absolute Gasteiger partial charge is 0.340 e. The quantitative estimate of drug-likeness (QED) is 0.553. The van der Waals surface area contributed by atoms with Crippen molar-refractivity contribution in [2.75, 3.05) is 32.7 Å². The van der Waals surface area contributed by atoms with E-state index in [1.807, 2.05) is 39.8 Å². The van der Waals surface area contributed by atoms with Gasteiger partial charge in [0.05, 0.1) is 0 Å². The Kier molecular flexibility index (Phi) is 7.29. The van der Waals surface area contributed by atoms with Crippen molar-refractivity contribution in [1.82, 2.24) is 24.6 Å². The minimum Gasteiger partial charge on any atom is -0.340 e. The standard InChI is InChI=1S/C25H29N5OS/c1-20-9-11-22(12-10-20)24-26-27-25(32)30(24)15-13-23(31)29-18-16-28(17-19-29)14-5-8-21-6-3-2-4-7-21/h2-12H,13-19H2,1H3,(H,27,32)/b8-5+. The van der Waals surface area contributed by atoms with E-state index < -0.39 is 0 Å². The lowest BCUT2D eigenvalue weighted by molar-refractivity contribution is -0.133. The molecule has 1 saturated heterocycles. The van der Waals surface area contributed by atoms with Gasteiger partial charge in [-0.25, -0.2) is 0 Å². The predicted molar refractivity (Wildman–Crippen MR) is 131 cm³/mol. The molecule has 166 valence electrons. The number of piperazine rings is 1. The van der Waals surface area contributed by atoms with Crippen LogP contribution in [0.1, 0.15) is 17.5 Å². The zero-order chi connectivity index (χ0) is 22.3. The molecule has 4 rings (SSSR count). The fourth-order valence-corrected chi connectivity index (χ4v) is 4.12. The Bertz CT molecular complexity index is 1110. The predicted octanol–water partition coefficient (Wildman–Crippen LogP) is 4.16. The zero-order valence-electron chi connectivity index (χ0n) is 18.4. The number of aromatic amines is 1. The summed E-state index contributed by atoms with van der Waals surface area (Å²) in [6, 6.07) is 18.5. The van der Waals surface area contributed by atoms with Gasteiger partial charge in [0, 0.05) is 51.3 Å². The highest BCUT2D eigenvalue weighted by atomic mass is 32.1. The average Bonchev–Trinajstić information content (AvgIpc) is 3.19. The van der Waals surface area contributed by atoms with Crippen LogP contribution in [0.2, 0.25) is 0 Å². The molecule has 1 fully saturated rings. The minimum atomic E-state index is 0.169. The van der Waals surface area contributed by atoms with Crippen LogP contribution >= 0.6 is 12.2 Å². The van der Waals surface area contributed by atoms with Crippen molar-refractivity contribution < 1.29 is 4.79 Å². The van der Waals surface area contributed by atoms with Gasteiger partial charge in [0.2, 0.25) is 5.91 Å². The first kappa shape index (κ1) is 22.2. The molecule has 0 aliphatic carbocycles. The van der Waals surface area contributed by atoms with E-state index >= 15 is 0 Å². The summed E-state index contributed by atoms with van der Waals surface area (Å²) in [6.07, 6.45) is 4.76. The van der Waals surface area contributed by atoms with Crippen molar-refractivity contribution in [3.8, 4) is 11.4 Å². The van der Waals surface area contributed by atoms with Crippen molar-refractivity contribution >= 4 is 24.2 Å². The molecule has 32 heavy (non-hydrogen) atoms. The number of amides is 1. The molecular formula is C25H29N5OS. The third-order valence-electron chi connectivity index (χ3n) is 5.82. The Hall–Kier alpha value is -3.03. The molecule has 2 aromatic carbocycles. The number of aromatic nitrogens is 3. The Morgan fingerprint density at radius 2 is 1.78 bits per heavy atom. The number of hydrogen-bond acceptors (Lipinski definition) is 4. The average molecular weight is 448 g/mol. The summed E-state index contributed by atoms with van der Waals surface area (Å²) in [5.74, 6) is 0.945. The van der Waals surface area contributed by atoms with Crippen LogP contribution in [0.5, 0.6) is 0 Å². The summed E-state index contributed by atoms with van der Waals surface area (Å²) < 4.78 is 2.46. The van der Waals surface area contributed by atoms with E-state index in [4.69, 9.17) is 12.2 Å². The van der Waals surface area contributed by atoms with E-state index in [9.17, 15) is 4.79 Å². The highest BCUT2D eigenvalue weighted by Gasteiger charge is 2.21. The van der Waals surface area contributed by atoms with Gasteiger partial charge in [-0.1, -0.05) is 72.3 Å². The molecule has 3 aromatic rings. The molecule has 0 unspecified atom stereocenters. The highest BCUT2D eigenvalue weighted by Crippen LogP contribution is 2.18. The first-order chi connectivity index (χ1) is 15.6. The summed E-state index contributed by atoms with van der Waals surface area (Å²) in [4.78, 5) is 17.2. The zero-order valence-corrected chi connectivity index (χ0v) is 19.2. The first-order valence-corrected chi connectivity index (χ1v) is 11.4. The molecule has 1 N–H and O–H groups in total. The third kappa shape index (κ3) is 5.60. The van der Waals surface area contributed by atoms with E-state index in [-0.39, 0.29) is 5.91 Å². The molecule has 0 atom stereocenters. The summed E-state index contributed by atoms with van der Waals surface area (Å²) in [5, 5.41) is 7.24. The van der Waals surface area contributed by atoms with Crippen molar-refractivity contribution in [3.63, 3.8) is 0 Å². The molecule has 0 saturated carbocycles. The van der Waals surface area contributed by atoms with Gasteiger partial charge in [-0.3, -0.25) is 19.4 Å². The fraction of sp³-hybridized carbons (Fsp3) is 0.320. The fourth-order valence-electron chi connectivity index (χ4n) is 3.90. The Labute approximate surface area is 194 Å². The summed E-state index contributed by atoms with van der Waals surface area (Å²) in [6.45, 7) is 6.80. The SMILES string of the molecule is Cc1ccc(-c2n[nH]c(=S)n2CCC(=O)N2CCN(C/C=C/c3ccccc3)CC2)cc1. The van der Waals surface area contributed by atoms with Crippen LogP contribution in [0, 0.1) is 11.7 Å². The van der Waals surface area contributed by atoms with E-state index in [0.717, 1.165) is 44.1 Å². The lowest BCUT2D eigenvalue weighted by Crippen LogP contribution is -2.48. The third-order valence-corrected chi connectivity index (χ3v) is 6.13. The molecule has 1 aliphatic heterocycles. The van der Waals surface area contributed by atoms with Crippen molar-refractivity contribution in [2.24, 2.45) is 0 Å². The molecule has 2 heterocycles. The Morgan fingerprint density at radius 3 is 2.50 bits per heavy atom. The molecular weight excluding hydrogens is 418 g/mol. The van der Waals surface area contributed by atoms with Gasteiger partial charge in [-0.15, -0.1) is 0 Å². The lowest BCUT2D eigenvalue weighted by Gasteiger charge is -2.34. The van der Waals surface area contributed by atoms with Crippen LogP contribution in [0.25, 0.3) is 17.5 Å². The maximum Gasteiger partial charge on any atom is 0.224 e. The molecule has 1 amide bonds. The molecule has 1 aliphatic rings. The molecule has 0 radical (unpaired) electrons. The van der Waals surface area contributed by atoms with Gasteiger partial charge < -0.3 is 4.90 Å². The smallest absolute Gasteiger partial charge is 0.224 e. The number of rotatable bonds is 7. The second-order valence-corrected chi connectivity index (χ2v) is 8.50. The molecule has 6 nitrogen and oxygen atoms in total. The molecule has 0 bridgehead atoms. The van der Waals surface area contributed by atoms with Crippen LogP contribution in [-0.4, -0.2) is 63.2 Å². The maximum absolute atomic E-state index is 12.8. The number of carbonyl (C=O) groups is 1. The van der Waals surface area contributed by atoms with Crippen LogP contribution in [-0.2, 0) is 11.3 Å². The second-order valence-electron chi connectivity index (χ2n) is 8.11. The molecule has 1 aromatic heterocycles. The number of nitrogens with one attached hydrogen (secondary N) is 1. The van der Waals surface area contributed by atoms with Gasteiger partial charge >= 0.3 is 0 Å². The first-order valence-electron chi connectivity index (χ1n) is 11.0. The maximum atomic E-state index is 12.8. The van der Waals surface area contributed by atoms with Gasteiger partial charge in [0.25, 0.3) is 0 Å². The normalized spacial score (nSPS) is 14.8. The van der Waals surface area contributed by atoms with Gasteiger partial charge in [0.15, 0.2) is 10.6 Å². The van der Waals surface area contributed by atoms with Gasteiger partial charge in [-0.05, 0) is 24.7 Å². The summed E-state index contributed by atoms with van der Waals surface area (Å²) in [5.41, 5.74) is 3.40. The van der Waals surface area contributed by atoms with E-state index in [1.54, 1.807) is 0 Å².